The van der Waals surface area contributed by atoms with Crippen LogP contribution in [-0.4, -0.2) is 25.3 Å². The average molecular weight is 264 g/mol. The molecule has 104 valence electrons. The number of carbonyl (C=O) groups excluding carboxylic acids is 1. The van der Waals surface area contributed by atoms with E-state index < -0.39 is 0 Å². The Morgan fingerprint density at radius 1 is 1.16 bits per heavy atom. The van der Waals surface area contributed by atoms with E-state index in [1.54, 1.807) is 31.4 Å². The van der Waals surface area contributed by atoms with Gasteiger partial charge in [-0.2, -0.15) is 5.10 Å². The van der Waals surface area contributed by atoms with Crippen molar-refractivity contribution in [3.8, 4) is 11.5 Å². The van der Waals surface area contributed by atoms with Crippen LogP contribution in [0.15, 0.2) is 29.4 Å². The van der Waals surface area contributed by atoms with Crippen molar-refractivity contribution in [1.29, 1.82) is 0 Å². The van der Waals surface area contributed by atoms with Crippen LogP contribution in [0.2, 0.25) is 0 Å². The summed E-state index contributed by atoms with van der Waals surface area (Å²) in [4.78, 5) is 11.5. The van der Waals surface area contributed by atoms with Gasteiger partial charge in [0.25, 0.3) is 5.91 Å². The molecule has 0 atom stereocenters. The molecular formula is C14H20N2O3. The van der Waals surface area contributed by atoms with E-state index in [4.69, 9.17) is 9.47 Å². The second-order valence-electron chi connectivity index (χ2n) is 3.88. The predicted molar refractivity (Wildman–Crippen MR) is 74.6 cm³/mol. The summed E-state index contributed by atoms with van der Waals surface area (Å²) in [6.07, 6.45) is 1.66. The van der Waals surface area contributed by atoms with Gasteiger partial charge >= 0.3 is 0 Å². The molecule has 0 radical (unpaired) electrons. The van der Waals surface area contributed by atoms with Crippen LogP contribution in [0.5, 0.6) is 11.5 Å². The first-order chi connectivity index (χ1) is 9.19. The van der Waals surface area contributed by atoms with Crippen molar-refractivity contribution in [3.63, 3.8) is 0 Å². The zero-order valence-corrected chi connectivity index (χ0v) is 11.6. The number of hydrazone groups is 1. The molecule has 1 aromatic carbocycles. The minimum Gasteiger partial charge on any atom is -0.497 e. The van der Waals surface area contributed by atoms with Crippen molar-refractivity contribution in [2.24, 2.45) is 5.10 Å². The number of amides is 1. The van der Waals surface area contributed by atoms with E-state index in [0.717, 1.165) is 24.3 Å². The van der Waals surface area contributed by atoms with Gasteiger partial charge in [-0.05, 0) is 37.1 Å². The molecule has 0 aliphatic carbocycles. The van der Waals surface area contributed by atoms with Gasteiger partial charge in [0.15, 0.2) is 6.61 Å². The van der Waals surface area contributed by atoms with E-state index in [9.17, 15) is 4.79 Å². The third-order valence-corrected chi connectivity index (χ3v) is 2.58. The highest BCUT2D eigenvalue weighted by atomic mass is 16.5. The smallest absolute Gasteiger partial charge is 0.277 e. The highest BCUT2D eigenvalue weighted by molar-refractivity contribution is 5.86. The largest absolute Gasteiger partial charge is 0.497 e. The second kappa shape index (κ2) is 8.13. The van der Waals surface area contributed by atoms with Gasteiger partial charge in [0, 0.05) is 5.71 Å². The monoisotopic (exact) mass is 264 g/mol. The maximum Gasteiger partial charge on any atom is 0.277 e. The topological polar surface area (TPSA) is 59.9 Å². The Balaban J connectivity index is 2.39. The van der Waals surface area contributed by atoms with Crippen molar-refractivity contribution in [3.05, 3.63) is 24.3 Å². The Morgan fingerprint density at radius 3 is 2.26 bits per heavy atom. The lowest BCUT2D eigenvalue weighted by Gasteiger charge is -2.06. The summed E-state index contributed by atoms with van der Waals surface area (Å²) in [5.41, 5.74) is 3.43. The lowest BCUT2D eigenvalue weighted by atomic mass is 10.2. The summed E-state index contributed by atoms with van der Waals surface area (Å²) in [5, 5.41) is 4.02. The number of methoxy groups -OCH3 is 1. The first-order valence-electron chi connectivity index (χ1n) is 6.30. The molecule has 0 unspecified atom stereocenters. The van der Waals surface area contributed by atoms with Crippen LogP contribution in [0.1, 0.15) is 26.7 Å². The molecule has 1 aromatic rings. The summed E-state index contributed by atoms with van der Waals surface area (Å²) in [5.74, 6) is 1.10. The van der Waals surface area contributed by atoms with Crippen molar-refractivity contribution < 1.29 is 14.3 Å². The van der Waals surface area contributed by atoms with Crippen molar-refractivity contribution in [1.82, 2.24) is 5.43 Å². The molecule has 1 amide bonds. The molecule has 0 heterocycles. The summed E-state index contributed by atoms with van der Waals surface area (Å²) in [6.45, 7) is 3.95. The van der Waals surface area contributed by atoms with Gasteiger partial charge in [0.2, 0.25) is 0 Å². The number of nitrogens with one attached hydrogen (secondary N) is 1. The van der Waals surface area contributed by atoms with Gasteiger partial charge in [0.05, 0.1) is 7.11 Å². The van der Waals surface area contributed by atoms with E-state index >= 15 is 0 Å². The fraction of sp³-hybridized carbons (Fsp3) is 0.429. The molecular weight excluding hydrogens is 244 g/mol. The van der Waals surface area contributed by atoms with Crippen LogP contribution in [0.4, 0.5) is 0 Å². The fourth-order valence-corrected chi connectivity index (χ4v) is 1.40. The third-order valence-electron chi connectivity index (χ3n) is 2.58. The number of hydrogen-bond acceptors (Lipinski definition) is 4. The molecule has 0 bridgehead atoms. The highest BCUT2D eigenvalue weighted by Crippen LogP contribution is 2.16. The number of carbonyl (C=O) groups is 1. The van der Waals surface area contributed by atoms with Gasteiger partial charge in [-0.25, -0.2) is 5.43 Å². The Bertz CT molecular complexity index is 421. The molecule has 0 saturated heterocycles. The Hall–Kier alpha value is -2.04. The van der Waals surface area contributed by atoms with E-state index in [1.165, 1.54) is 0 Å². The Labute approximate surface area is 113 Å². The van der Waals surface area contributed by atoms with Crippen LogP contribution in [0.3, 0.4) is 0 Å². The molecule has 5 nitrogen and oxygen atoms in total. The zero-order valence-electron chi connectivity index (χ0n) is 11.6. The molecule has 0 spiro atoms. The van der Waals surface area contributed by atoms with Gasteiger partial charge in [-0.15, -0.1) is 0 Å². The standard InChI is InChI=1S/C14H20N2O3/c1-4-11(5-2)15-16-14(17)10-19-13-8-6-12(18-3)7-9-13/h6-9H,4-5,10H2,1-3H3,(H,16,17). The summed E-state index contributed by atoms with van der Waals surface area (Å²) < 4.78 is 10.4. The maximum absolute atomic E-state index is 11.5. The lowest BCUT2D eigenvalue weighted by Crippen LogP contribution is -2.25. The number of hydrogen-bond donors (Lipinski definition) is 1. The van der Waals surface area contributed by atoms with E-state index in [-0.39, 0.29) is 12.5 Å². The first kappa shape index (κ1) is 15.0. The molecule has 0 aliphatic heterocycles. The molecule has 1 rings (SSSR count). The van der Waals surface area contributed by atoms with E-state index in [1.807, 2.05) is 13.8 Å². The third kappa shape index (κ3) is 5.42. The molecule has 5 heteroatoms. The van der Waals surface area contributed by atoms with Gasteiger partial charge in [-0.1, -0.05) is 13.8 Å². The van der Waals surface area contributed by atoms with Crippen molar-refractivity contribution in [2.45, 2.75) is 26.7 Å². The second-order valence-corrected chi connectivity index (χ2v) is 3.88. The summed E-state index contributed by atoms with van der Waals surface area (Å²) in [7, 11) is 1.60. The Kier molecular flexibility index (Phi) is 6.43. The van der Waals surface area contributed by atoms with Crippen molar-refractivity contribution in [2.75, 3.05) is 13.7 Å². The fourth-order valence-electron chi connectivity index (χ4n) is 1.40. The van der Waals surface area contributed by atoms with Crippen molar-refractivity contribution >= 4 is 11.6 Å². The molecule has 1 N–H and O–H groups in total. The Morgan fingerprint density at radius 2 is 1.74 bits per heavy atom. The van der Waals surface area contributed by atoms with E-state index in [0.29, 0.717) is 5.75 Å². The number of ether oxygens (including phenoxy) is 2. The van der Waals surface area contributed by atoms with Crippen LogP contribution >= 0.6 is 0 Å². The minimum atomic E-state index is -0.268. The van der Waals surface area contributed by atoms with Gasteiger partial charge < -0.3 is 9.47 Å². The molecule has 0 saturated carbocycles. The van der Waals surface area contributed by atoms with Gasteiger partial charge in [-0.3, -0.25) is 4.79 Å². The van der Waals surface area contributed by atoms with Gasteiger partial charge in [0.1, 0.15) is 11.5 Å². The molecule has 19 heavy (non-hydrogen) atoms. The molecule has 0 fully saturated rings. The molecule has 0 aromatic heterocycles. The normalized spacial score (nSPS) is 9.63. The van der Waals surface area contributed by atoms with Crippen LogP contribution in [-0.2, 0) is 4.79 Å². The first-order valence-corrected chi connectivity index (χ1v) is 6.30. The minimum absolute atomic E-state index is 0.0590. The maximum atomic E-state index is 11.5. The highest BCUT2D eigenvalue weighted by Gasteiger charge is 2.02. The number of benzene rings is 1. The summed E-state index contributed by atoms with van der Waals surface area (Å²) >= 11 is 0. The average Bonchev–Trinajstić information content (AvgIpc) is 2.46. The number of rotatable bonds is 7. The van der Waals surface area contributed by atoms with Crippen LogP contribution in [0.25, 0.3) is 0 Å². The van der Waals surface area contributed by atoms with Crippen LogP contribution < -0.4 is 14.9 Å². The SMILES string of the molecule is CCC(CC)=NNC(=O)COc1ccc(OC)cc1. The number of nitrogens with zero attached hydrogens (tertiary/aromatic N) is 1. The zero-order chi connectivity index (χ0) is 14.1. The van der Waals surface area contributed by atoms with Crippen LogP contribution in [0, 0.1) is 0 Å². The lowest BCUT2D eigenvalue weighted by molar-refractivity contribution is -0.123. The predicted octanol–water partition coefficient (Wildman–Crippen LogP) is 2.37. The quantitative estimate of drug-likeness (QED) is 0.607. The van der Waals surface area contributed by atoms with E-state index in [2.05, 4.69) is 10.5 Å². The molecule has 0 aliphatic rings. The summed E-state index contributed by atoms with van der Waals surface area (Å²) in [6, 6.07) is 7.05.